The van der Waals surface area contributed by atoms with E-state index in [1.807, 2.05) is 30.3 Å². The molecule has 4 amide bonds. The molecule has 1 aromatic carbocycles. The van der Waals surface area contributed by atoms with Crippen LogP contribution in [-0.2, 0) is 21.5 Å². The molecule has 1 aliphatic carbocycles. The highest BCUT2D eigenvalue weighted by Crippen LogP contribution is 2.41. The molecule has 0 radical (unpaired) electrons. The van der Waals surface area contributed by atoms with Gasteiger partial charge < -0.3 is 14.2 Å². The number of nitrogens with zero attached hydrogens (tertiary/aromatic N) is 3. The highest BCUT2D eigenvalue weighted by atomic mass is 16.3. The van der Waals surface area contributed by atoms with E-state index in [2.05, 4.69) is 10.4 Å². The number of hydrogen-bond acceptors (Lipinski definition) is 6. The molecule has 0 saturated carbocycles. The molecule has 4 heterocycles. The molecule has 2 unspecified atom stereocenters. The molecule has 35 heavy (non-hydrogen) atoms. The maximum absolute atomic E-state index is 13.5. The number of imide groups is 1. The highest BCUT2D eigenvalue weighted by Gasteiger charge is 2.55. The zero-order chi connectivity index (χ0) is 24.0. The lowest BCUT2D eigenvalue weighted by atomic mass is 9.92. The smallest absolute Gasteiger partial charge is 0.325 e. The second kappa shape index (κ2) is 8.12. The number of aryl methyl sites for hydroxylation is 1. The Balaban J connectivity index is 1.25. The maximum atomic E-state index is 13.5. The molecule has 1 fully saturated rings. The average molecular weight is 470 g/mol. The number of fused-ring (bicyclic) bond motifs is 2. The van der Waals surface area contributed by atoms with Gasteiger partial charge >= 0.3 is 6.03 Å². The Labute approximate surface area is 200 Å². The van der Waals surface area contributed by atoms with Crippen LogP contribution in [0.15, 0.2) is 81.1 Å². The number of hydrogen-bond donors (Lipinski definition) is 1. The summed E-state index contributed by atoms with van der Waals surface area (Å²) < 4.78 is 10.9. The van der Waals surface area contributed by atoms with Crippen molar-refractivity contribution >= 4 is 29.6 Å². The fourth-order valence-corrected chi connectivity index (χ4v) is 5.07. The summed E-state index contributed by atoms with van der Waals surface area (Å²) in [6.45, 7) is -0.412. The Bertz CT molecular complexity index is 1360. The Kier molecular flexibility index (Phi) is 4.91. The summed E-state index contributed by atoms with van der Waals surface area (Å²) in [5, 5.41) is 8.64. The fourth-order valence-electron chi connectivity index (χ4n) is 5.07. The van der Waals surface area contributed by atoms with Crippen molar-refractivity contribution in [2.24, 2.45) is 5.10 Å². The molecule has 2 atom stereocenters. The van der Waals surface area contributed by atoms with Crippen molar-refractivity contribution in [3.8, 4) is 0 Å². The Morgan fingerprint density at radius 3 is 2.71 bits per heavy atom. The van der Waals surface area contributed by atoms with E-state index in [0.29, 0.717) is 36.5 Å². The van der Waals surface area contributed by atoms with E-state index < -0.39 is 36.0 Å². The molecule has 1 N–H and O–H groups in total. The standard InChI is InChI=1S/C26H22N4O5/c31-23(16-29-24(32)26(27-25(29)33)12-11-17-5-1-2-7-20(17)26)30-21(22-8-4-14-35-22)15-18(28-30)9-10-19-6-3-13-34-19/h1-10,13-14,21H,11-12,15-16H2,(H,27,33)/b10-9+. The first-order valence-corrected chi connectivity index (χ1v) is 11.4. The third kappa shape index (κ3) is 3.47. The van der Waals surface area contributed by atoms with Crippen LogP contribution in [0.2, 0.25) is 0 Å². The van der Waals surface area contributed by atoms with Gasteiger partial charge in [-0.15, -0.1) is 0 Å². The van der Waals surface area contributed by atoms with Crippen LogP contribution in [0.25, 0.3) is 6.08 Å². The predicted molar refractivity (Wildman–Crippen MR) is 125 cm³/mol. The lowest BCUT2D eigenvalue weighted by Gasteiger charge is -2.24. The number of nitrogens with one attached hydrogen (secondary N) is 1. The van der Waals surface area contributed by atoms with Gasteiger partial charge in [0.1, 0.15) is 29.6 Å². The van der Waals surface area contributed by atoms with E-state index >= 15 is 0 Å². The van der Waals surface area contributed by atoms with Gasteiger partial charge in [0, 0.05) is 6.42 Å². The summed E-state index contributed by atoms with van der Waals surface area (Å²) in [7, 11) is 0. The van der Waals surface area contributed by atoms with E-state index in [1.54, 1.807) is 36.6 Å². The van der Waals surface area contributed by atoms with Crippen molar-refractivity contribution in [3.05, 3.63) is 89.8 Å². The zero-order valence-electron chi connectivity index (χ0n) is 18.7. The topological polar surface area (TPSA) is 108 Å². The van der Waals surface area contributed by atoms with Crippen molar-refractivity contribution in [1.29, 1.82) is 0 Å². The Morgan fingerprint density at radius 2 is 1.91 bits per heavy atom. The zero-order valence-corrected chi connectivity index (χ0v) is 18.7. The largest absolute Gasteiger partial charge is 0.467 e. The van der Waals surface area contributed by atoms with Crippen molar-refractivity contribution in [3.63, 3.8) is 0 Å². The van der Waals surface area contributed by atoms with Crippen LogP contribution in [0.4, 0.5) is 4.79 Å². The number of rotatable bonds is 5. The third-order valence-corrected chi connectivity index (χ3v) is 6.76. The lowest BCUT2D eigenvalue weighted by Crippen LogP contribution is -2.44. The Hall–Kier alpha value is -4.40. The number of urea groups is 1. The van der Waals surface area contributed by atoms with Crippen LogP contribution >= 0.6 is 0 Å². The van der Waals surface area contributed by atoms with E-state index in [4.69, 9.17) is 8.83 Å². The first-order chi connectivity index (χ1) is 17.0. The quantitative estimate of drug-likeness (QED) is 0.573. The van der Waals surface area contributed by atoms with E-state index in [9.17, 15) is 14.4 Å². The fraction of sp³-hybridized carbons (Fsp3) is 0.231. The minimum absolute atomic E-state index is 0.406. The summed E-state index contributed by atoms with van der Waals surface area (Å²) in [4.78, 5) is 40.7. The van der Waals surface area contributed by atoms with Gasteiger partial charge in [0.2, 0.25) is 0 Å². The van der Waals surface area contributed by atoms with Gasteiger partial charge in [-0.05, 0) is 60.4 Å². The second-order valence-electron chi connectivity index (χ2n) is 8.80. The molecule has 3 aliphatic rings. The number of allylic oxidation sites excluding steroid dienone is 1. The van der Waals surface area contributed by atoms with Crippen LogP contribution in [0.3, 0.4) is 0 Å². The summed E-state index contributed by atoms with van der Waals surface area (Å²) in [6, 6.07) is 13.7. The van der Waals surface area contributed by atoms with Crippen molar-refractivity contribution in [2.45, 2.75) is 30.8 Å². The number of furan rings is 2. The summed E-state index contributed by atoms with van der Waals surface area (Å²) in [5.74, 6) is 0.353. The maximum Gasteiger partial charge on any atom is 0.325 e. The molecule has 1 spiro atoms. The van der Waals surface area contributed by atoms with E-state index in [-0.39, 0.29) is 0 Å². The van der Waals surface area contributed by atoms with Crippen LogP contribution in [-0.4, -0.2) is 40.0 Å². The third-order valence-electron chi connectivity index (χ3n) is 6.76. The first-order valence-electron chi connectivity index (χ1n) is 11.4. The minimum atomic E-state index is -1.11. The van der Waals surface area contributed by atoms with Gasteiger partial charge in [0.25, 0.3) is 11.8 Å². The molecule has 2 aliphatic heterocycles. The summed E-state index contributed by atoms with van der Waals surface area (Å²) in [6.07, 6.45) is 8.24. The van der Waals surface area contributed by atoms with Gasteiger partial charge in [-0.2, -0.15) is 5.10 Å². The molecular weight excluding hydrogens is 448 g/mol. The van der Waals surface area contributed by atoms with Crippen LogP contribution in [0.1, 0.15) is 41.5 Å². The predicted octanol–water partition coefficient (Wildman–Crippen LogP) is 3.61. The van der Waals surface area contributed by atoms with Gasteiger partial charge in [-0.1, -0.05) is 24.3 Å². The summed E-state index contributed by atoms with van der Waals surface area (Å²) >= 11 is 0. The van der Waals surface area contributed by atoms with Gasteiger partial charge in [-0.3, -0.25) is 14.5 Å². The molecule has 9 nitrogen and oxygen atoms in total. The van der Waals surface area contributed by atoms with Crippen LogP contribution in [0.5, 0.6) is 0 Å². The van der Waals surface area contributed by atoms with Crippen molar-refractivity contribution in [2.75, 3.05) is 6.54 Å². The molecule has 2 aromatic heterocycles. The lowest BCUT2D eigenvalue weighted by molar-refractivity contribution is -0.140. The highest BCUT2D eigenvalue weighted by molar-refractivity contribution is 6.10. The first kappa shape index (κ1) is 21.2. The van der Waals surface area contributed by atoms with Crippen LogP contribution < -0.4 is 5.32 Å². The van der Waals surface area contributed by atoms with Gasteiger partial charge in [0.15, 0.2) is 0 Å². The van der Waals surface area contributed by atoms with Crippen molar-refractivity contribution < 1.29 is 23.2 Å². The van der Waals surface area contributed by atoms with Gasteiger partial charge in [-0.25, -0.2) is 9.80 Å². The summed E-state index contributed by atoms with van der Waals surface area (Å²) in [5.41, 5.74) is 1.37. The molecule has 6 rings (SSSR count). The SMILES string of the molecule is O=C1NC2(CCc3ccccc32)C(=O)N1CC(=O)N1N=C(/C=C/c2ccco2)CC1c1ccco1. The molecule has 1 saturated heterocycles. The number of amides is 4. The monoisotopic (exact) mass is 470 g/mol. The average Bonchev–Trinajstić information content (AvgIpc) is 3.68. The molecule has 176 valence electrons. The number of benzene rings is 1. The minimum Gasteiger partial charge on any atom is -0.467 e. The number of carbonyl (C=O) groups excluding carboxylic acids is 3. The second-order valence-corrected chi connectivity index (χ2v) is 8.80. The van der Waals surface area contributed by atoms with Gasteiger partial charge in [0.05, 0.1) is 18.2 Å². The van der Waals surface area contributed by atoms with Crippen LogP contribution in [0, 0.1) is 0 Å². The molecule has 9 heteroatoms. The van der Waals surface area contributed by atoms with E-state index in [0.717, 1.165) is 16.0 Å². The Morgan fingerprint density at radius 1 is 1.09 bits per heavy atom. The van der Waals surface area contributed by atoms with Crippen molar-refractivity contribution in [1.82, 2.24) is 15.2 Å². The molecule has 3 aromatic rings. The molecular formula is C26H22N4O5. The normalized spacial score (nSPS) is 23.4. The van der Waals surface area contributed by atoms with E-state index in [1.165, 1.54) is 11.3 Å². The number of hydrazone groups is 1. The number of carbonyl (C=O) groups is 3. The molecule has 0 bridgehead atoms.